The molecule has 1 aliphatic rings. The average Bonchev–Trinajstić information content (AvgIpc) is 2.61. The summed E-state index contributed by atoms with van der Waals surface area (Å²) in [5.41, 5.74) is 3.40. The molecule has 0 aromatic heterocycles. The predicted octanol–water partition coefficient (Wildman–Crippen LogP) is 3.06. The maximum atomic E-state index is 12.1. The van der Waals surface area contributed by atoms with Crippen LogP contribution in [0.2, 0.25) is 0 Å². The Morgan fingerprint density at radius 2 is 1.76 bits per heavy atom. The molecule has 4 nitrogen and oxygen atoms in total. The summed E-state index contributed by atoms with van der Waals surface area (Å²) in [5, 5.41) is 3.00. The molecule has 2 aromatic rings. The van der Waals surface area contributed by atoms with Crippen molar-refractivity contribution >= 4 is 27.5 Å². The summed E-state index contributed by atoms with van der Waals surface area (Å²) < 4.78 is 0.997. The van der Waals surface area contributed by atoms with Crippen molar-refractivity contribution in [1.29, 1.82) is 0 Å². The van der Waals surface area contributed by atoms with Gasteiger partial charge in [0.25, 0.3) is 0 Å². The molecule has 5 heteroatoms. The number of piperazine rings is 1. The number of nitrogens with zero attached hydrogens (tertiary/aromatic N) is 2. The molecule has 1 amide bonds. The topological polar surface area (TPSA) is 35.6 Å². The molecular formula is C20H24BrN3O. The van der Waals surface area contributed by atoms with Crippen molar-refractivity contribution in [1.82, 2.24) is 10.2 Å². The van der Waals surface area contributed by atoms with Crippen LogP contribution in [0.1, 0.15) is 11.1 Å². The molecule has 3 rings (SSSR count). The molecule has 0 atom stereocenters. The molecule has 1 N–H and O–H groups in total. The summed E-state index contributed by atoms with van der Waals surface area (Å²) in [5.74, 6) is 0.0428. The van der Waals surface area contributed by atoms with Crippen molar-refractivity contribution in [3.63, 3.8) is 0 Å². The number of amides is 1. The monoisotopic (exact) mass is 401 g/mol. The van der Waals surface area contributed by atoms with E-state index in [0.717, 1.165) is 41.8 Å². The molecular weight excluding hydrogens is 378 g/mol. The summed E-state index contributed by atoms with van der Waals surface area (Å²) in [7, 11) is 2.16. The first-order valence-corrected chi connectivity index (χ1v) is 9.43. The van der Waals surface area contributed by atoms with E-state index in [4.69, 9.17) is 0 Å². The van der Waals surface area contributed by atoms with Gasteiger partial charge in [-0.1, -0.05) is 40.2 Å². The van der Waals surface area contributed by atoms with E-state index < -0.39 is 0 Å². The first-order chi connectivity index (χ1) is 12.1. The summed E-state index contributed by atoms with van der Waals surface area (Å²) in [6.45, 7) is 4.91. The van der Waals surface area contributed by atoms with Crippen LogP contribution in [0.15, 0.2) is 53.0 Å². The van der Waals surface area contributed by atoms with Crippen molar-refractivity contribution in [2.45, 2.75) is 13.0 Å². The van der Waals surface area contributed by atoms with Crippen molar-refractivity contribution in [3.05, 3.63) is 64.1 Å². The molecule has 1 aliphatic heterocycles. The van der Waals surface area contributed by atoms with Crippen molar-refractivity contribution in [2.24, 2.45) is 0 Å². The Labute approximate surface area is 158 Å². The lowest BCUT2D eigenvalue weighted by Crippen LogP contribution is -2.44. The maximum absolute atomic E-state index is 12.1. The van der Waals surface area contributed by atoms with Gasteiger partial charge in [-0.2, -0.15) is 0 Å². The van der Waals surface area contributed by atoms with Gasteiger partial charge in [0.1, 0.15) is 0 Å². The minimum absolute atomic E-state index is 0.0428. The van der Waals surface area contributed by atoms with E-state index >= 15 is 0 Å². The Morgan fingerprint density at radius 1 is 1.04 bits per heavy atom. The molecule has 0 radical (unpaired) electrons. The van der Waals surface area contributed by atoms with E-state index in [1.54, 1.807) is 0 Å². The van der Waals surface area contributed by atoms with Crippen LogP contribution in [0.5, 0.6) is 0 Å². The zero-order valence-electron chi connectivity index (χ0n) is 14.5. The molecule has 1 heterocycles. The molecule has 0 spiro atoms. The number of nitrogens with one attached hydrogen (secondary N) is 1. The third kappa shape index (κ3) is 5.31. The van der Waals surface area contributed by atoms with Gasteiger partial charge in [0.2, 0.25) is 5.91 Å². The second-order valence-electron chi connectivity index (χ2n) is 6.54. The Balaban J connectivity index is 1.49. The molecule has 0 unspecified atom stereocenters. The Kier molecular flexibility index (Phi) is 6.10. The van der Waals surface area contributed by atoms with E-state index in [1.165, 1.54) is 5.69 Å². The number of benzene rings is 2. The molecule has 1 fully saturated rings. The Bertz CT molecular complexity index is 709. The van der Waals surface area contributed by atoms with Gasteiger partial charge in [0.15, 0.2) is 0 Å². The van der Waals surface area contributed by atoms with Gasteiger partial charge in [-0.25, -0.2) is 0 Å². The van der Waals surface area contributed by atoms with Gasteiger partial charge in [0.05, 0.1) is 6.42 Å². The van der Waals surface area contributed by atoms with Gasteiger partial charge in [0, 0.05) is 42.9 Å². The van der Waals surface area contributed by atoms with E-state index in [9.17, 15) is 4.79 Å². The van der Waals surface area contributed by atoms with E-state index in [2.05, 4.69) is 62.4 Å². The second-order valence-corrected chi connectivity index (χ2v) is 7.46. The number of likely N-dealkylation sites (N-methyl/N-ethyl adjacent to an activating group) is 1. The van der Waals surface area contributed by atoms with Crippen LogP contribution >= 0.6 is 15.9 Å². The number of rotatable bonds is 5. The highest BCUT2D eigenvalue weighted by molar-refractivity contribution is 9.10. The van der Waals surface area contributed by atoms with Crippen LogP contribution in [0.25, 0.3) is 0 Å². The highest BCUT2D eigenvalue weighted by Crippen LogP contribution is 2.17. The first-order valence-electron chi connectivity index (χ1n) is 8.64. The fraction of sp³-hybridized carbons (Fsp3) is 0.350. The lowest BCUT2D eigenvalue weighted by molar-refractivity contribution is -0.120. The number of carbonyl (C=O) groups is 1. The zero-order valence-corrected chi connectivity index (χ0v) is 16.1. The Hall–Kier alpha value is -1.85. The molecule has 0 aliphatic carbocycles. The molecule has 0 bridgehead atoms. The van der Waals surface area contributed by atoms with Gasteiger partial charge in [-0.15, -0.1) is 0 Å². The smallest absolute Gasteiger partial charge is 0.224 e. The molecule has 1 saturated heterocycles. The fourth-order valence-corrected chi connectivity index (χ4v) is 3.43. The second kappa shape index (κ2) is 8.50. The van der Waals surface area contributed by atoms with Crippen LogP contribution in [0.3, 0.4) is 0 Å². The zero-order chi connectivity index (χ0) is 17.6. The van der Waals surface area contributed by atoms with Crippen molar-refractivity contribution < 1.29 is 4.79 Å². The summed E-state index contributed by atoms with van der Waals surface area (Å²) in [6.07, 6.45) is 0.402. The van der Waals surface area contributed by atoms with Crippen LogP contribution in [-0.2, 0) is 17.8 Å². The van der Waals surface area contributed by atoms with Crippen LogP contribution in [0, 0.1) is 0 Å². The number of anilines is 1. The average molecular weight is 402 g/mol. The summed E-state index contributed by atoms with van der Waals surface area (Å²) in [4.78, 5) is 16.9. The largest absolute Gasteiger partial charge is 0.369 e. The lowest BCUT2D eigenvalue weighted by Gasteiger charge is -2.34. The summed E-state index contributed by atoms with van der Waals surface area (Å²) in [6, 6.07) is 16.4. The number of hydrogen-bond donors (Lipinski definition) is 1. The van der Waals surface area contributed by atoms with E-state index in [1.807, 2.05) is 24.3 Å². The van der Waals surface area contributed by atoms with Gasteiger partial charge < -0.3 is 15.1 Å². The van der Waals surface area contributed by atoms with Crippen LogP contribution in [0.4, 0.5) is 5.69 Å². The standard InChI is InChI=1S/C20H24BrN3O/c1-23-9-11-24(12-10-23)19-7-5-16(6-8-19)15-22-20(25)14-17-3-2-4-18(21)13-17/h2-8,13H,9-12,14-15H2,1H3,(H,22,25). The normalized spacial score (nSPS) is 15.2. The van der Waals surface area contributed by atoms with Gasteiger partial charge in [-0.3, -0.25) is 4.79 Å². The molecule has 0 saturated carbocycles. The summed E-state index contributed by atoms with van der Waals surface area (Å²) >= 11 is 3.43. The van der Waals surface area contributed by atoms with Gasteiger partial charge in [-0.05, 0) is 42.4 Å². The fourth-order valence-electron chi connectivity index (χ4n) is 2.98. The van der Waals surface area contributed by atoms with Crippen molar-refractivity contribution in [2.75, 3.05) is 38.1 Å². The molecule has 25 heavy (non-hydrogen) atoms. The van der Waals surface area contributed by atoms with Crippen LogP contribution < -0.4 is 10.2 Å². The lowest BCUT2D eigenvalue weighted by atomic mass is 10.1. The molecule has 132 valence electrons. The molecule has 2 aromatic carbocycles. The predicted molar refractivity (Wildman–Crippen MR) is 106 cm³/mol. The minimum atomic E-state index is 0.0428. The van der Waals surface area contributed by atoms with E-state index in [-0.39, 0.29) is 5.91 Å². The third-order valence-electron chi connectivity index (χ3n) is 4.55. The number of carbonyl (C=O) groups excluding carboxylic acids is 1. The minimum Gasteiger partial charge on any atom is -0.369 e. The Morgan fingerprint density at radius 3 is 2.44 bits per heavy atom. The third-order valence-corrected chi connectivity index (χ3v) is 5.04. The SMILES string of the molecule is CN1CCN(c2ccc(CNC(=O)Cc3cccc(Br)c3)cc2)CC1. The first kappa shape index (κ1) is 18.0. The van der Waals surface area contributed by atoms with Crippen molar-refractivity contribution in [3.8, 4) is 0 Å². The highest BCUT2D eigenvalue weighted by atomic mass is 79.9. The van der Waals surface area contributed by atoms with E-state index in [0.29, 0.717) is 13.0 Å². The number of hydrogen-bond acceptors (Lipinski definition) is 3. The number of halogens is 1. The maximum Gasteiger partial charge on any atom is 0.224 e. The van der Waals surface area contributed by atoms with Crippen LogP contribution in [-0.4, -0.2) is 44.0 Å². The van der Waals surface area contributed by atoms with Gasteiger partial charge >= 0.3 is 0 Å². The quantitative estimate of drug-likeness (QED) is 0.835. The highest BCUT2D eigenvalue weighted by Gasteiger charge is 2.14.